The minimum Gasteiger partial charge on any atom is -0.0884 e. The molecule has 0 saturated heterocycles. The molecule has 0 bridgehead atoms. The molecule has 0 aliphatic rings. The van der Waals surface area contributed by atoms with Crippen molar-refractivity contribution in [3.8, 4) is 0 Å². The van der Waals surface area contributed by atoms with Crippen LogP contribution in [0.4, 0.5) is 0 Å². The fourth-order valence-electron chi connectivity index (χ4n) is 1.21. The monoisotopic (exact) mass is 160 g/mol. The average Bonchev–Trinajstić information content (AvgIpc) is 2.09. The predicted octanol–water partition coefficient (Wildman–Crippen LogP) is 3.50. The zero-order chi connectivity index (χ0) is 8.97. The van der Waals surface area contributed by atoms with E-state index in [1.165, 1.54) is 16.7 Å². The van der Waals surface area contributed by atoms with Crippen molar-refractivity contribution in [2.45, 2.75) is 27.2 Å². The Bertz CT molecular complexity index is 282. The van der Waals surface area contributed by atoms with Crippen LogP contribution in [0.5, 0.6) is 0 Å². The summed E-state index contributed by atoms with van der Waals surface area (Å²) in [5.41, 5.74) is 4.26. The molecule has 0 fully saturated rings. The Labute approximate surface area is 74.9 Å². The maximum absolute atomic E-state index is 2.20. The molecule has 0 N–H and O–H groups in total. The molecule has 0 amide bonds. The second-order valence-electron chi connectivity index (χ2n) is 3.24. The highest BCUT2D eigenvalue weighted by molar-refractivity contribution is 5.29. The SMILES string of the molecule is CC=C(C)Cc1ccccc1C. The van der Waals surface area contributed by atoms with Crippen molar-refractivity contribution in [2.75, 3.05) is 0 Å². The molecular formula is C12H16. The number of aryl methyl sites for hydroxylation is 1. The summed E-state index contributed by atoms with van der Waals surface area (Å²) < 4.78 is 0. The van der Waals surface area contributed by atoms with Crippen LogP contribution in [0.1, 0.15) is 25.0 Å². The van der Waals surface area contributed by atoms with Crippen molar-refractivity contribution >= 4 is 0 Å². The number of allylic oxidation sites excluding steroid dienone is 2. The number of hydrogen-bond acceptors (Lipinski definition) is 0. The van der Waals surface area contributed by atoms with Crippen LogP contribution in [0.3, 0.4) is 0 Å². The van der Waals surface area contributed by atoms with Crippen molar-refractivity contribution in [3.05, 3.63) is 47.0 Å². The molecule has 0 saturated carbocycles. The van der Waals surface area contributed by atoms with E-state index in [2.05, 4.69) is 51.1 Å². The summed E-state index contributed by atoms with van der Waals surface area (Å²) in [7, 11) is 0. The van der Waals surface area contributed by atoms with Gasteiger partial charge in [-0.25, -0.2) is 0 Å². The molecule has 1 aromatic rings. The van der Waals surface area contributed by atoms with Crippen LogP contribution >= 0.6 is 0 Å². The highest BCUT2D eigenvalue weighted by Crippen LogP contribution is 2.11. The van der Waals surface area contributed by atoms with Gasteiger partial charge in [-0.1, -0.05) is 35.9 Å². The van der Waals surface area contributed by atoms with Gasteiger partial charge in [-0.15, -0.1) is 0 Å². The molecule has 0 spiro atoms. The predicted molar refractivity (Wildman–Crippen MR) is 54.3 cm³/mol. The maximum atomic E-state index is 2.20. The lowest BCUT2D eigenvalue weighted by atomic mass is 10.0. The Morgan fingerprint density at radius 1 is 1.33 bits per heavy atom. The third kappa shape index (κ3) is 2.23. The van der Waals surface area contributed by atoms with Crippen molar-refractivity contribution in [3.63, 3.8) is 0 Å². The van der Waals surface area contributed by atoms with E-state index in [1.54, 1.807) is 0 Å². The molecule has 1 rings (SSSR count). The maximum Gasteiger partial charge on any atom is -0.00674 e. The Morgan fingerprint density at radius 2 is 2.00 bits per heavy atom. The second kappa shape index (κ2) is 4.10. The highest BCUT2D eigenvalue weighted by Gasteiger charge is 1.96. The smallest absolute Gasteiger partial charge is 0.00674 e. The van der Waals surface area contributed by atoms with Gasteiger partial charge in [-0.3, -0.25) is 0 Å². The van der Waals surface area contributed by atoms with Gasteiger partial charge in [0.15, 0.2) is 0 Å². The lowest BCUT2D eigenvalue weighted by molar-refractivity contribution is 1.11. The summed E-state index contributed by atoms with van der Waals surface area (Å²) in [4.78, 5) is 0. The van der Waals surface area contributed by atoms with Crippen LogP contribution in [0.15, 0.2) is 35.9 Å². The van der Waals surface area contributed by atoms with Crippen LogP contribution in [0.2, 0.25) is 0 Å². The molecule has 0 nitrogen and oxygen atoms in total. The Hall–Kier alpha value is -1.04. The third-order valence-corrected chi connectivity index (χ3v) is 2.22. The van der Waals surface area contributed by atoms with Crippen molar-refractivity contribution < 1.29 is 0 Å². The molecular weight excluding hydrogens is 144 g/mol. The minimum absolute atomic E-state index is 1.09. The van der Waals surface area contributed by atoms with E-state index in [1.807, 2.05) is 0 Å². The van der Waals surface area contributed by atoms with Crippen LogP contribution in [-0.2, 0) is 6.42 Å². The van der Waals surface area contributed by atoms with E-state index in [4.69, 9.17) is 0 Å². The first-order chi connectivity index (χ1) is 5.74. The second-order valence-corrected chi connectivity index (χ2v) is 3.24. The van der Waals surface area contributed by atoms with Crippen LogP contribution < -0.4 is 0 Å². The Balaban J connectivity index is 2.82. The lowest BCUT2D eigenvalue weighted by Crippen LogP contribution is -1.89. The lowest BCUT2D eigenvalue weighted by Gasteiger charge is -2.04. The summed E-state index contributed by atoms with van der Waals surface area (Å²) >= 11 is 0. The molecule has 0 aliphatic carbocycles. The highest BCUT2D eigenvalue weighted by atomic mass is 14.0. The van der Waals surface area contributed by atoms with E-state index in [-0.39, 0.29) is 0 Å². The fraction of sp³-hybridized carbons (Fsp3) is 0.333. The summed E-state index contributed by atoms with van der Waals surface area (Å²) in [5, 5.41) is 0. The Kier molecular flexibility index (Phi) is 3.09. The van der Waals surface area contributed by atoms with Gasteiger partial charge in [0.25, 0.3) is 0 Å². The van der Waals surface area contributed by atoms with E-state index in [9.17, 15) is 0 Å². The molecule has 0 atom stereocenters. The summed E-state index contributed by atoms with van der Waals surface area (Å²) in [6.07, 6.45) is 3.26. The Morgan fingerprint density at radius 3 is 2.58 bits per heavy atom. The molecule has 12 heavy (non-hydrogen) atoms. The van der Waals surface area contributed by atoms with Crippen molar-refractivity contribution in [1.29, 1.82) is 0 Å². The summed E-state index contributed by atoms with van der Waals surface area (Å²) in [6, 6.07) is 8.55. The van der Waals surface area contributed by atoms with Gasteiger partial charge in [0.1, 0.15) is 0 Å². The molecule has 0 heteroatoms. The molecule has 0 aromatic heterocycles. The standard InChI is InChI=1S/C12H16/c1-4-10(2)9-12-8-6-5-7-11(12)3/h4-8H,9H2,1-3H3. The van der Waals surface area contributed by atoms with Crippen molar-refractivity contribution in [1.82, 2.24) is 0 Å². The van der Waals surface area contributed by atoms with Crippen LogP contribution in [-0.4, -0.2) is 0 Å². The number of rotatable bonds is 2. The number of benzene rings is 1. The fourth-order valence-corrected chi connectivity index (χ4v) is 1.21. The van der Waals surface area contributed by atoms with E-state index in [0.717, 1.165) is 6.42 Å². The zero-order valence-corrected chi connectivity index (χ0v) is 8.09. The molecule has 0 unspecified atom stereocenters. The minimum atomic E-state index is 1.09. The molecule has 0 radical (unpaired) electrons. The van der Waals surface area contributed by atoms with E-state index < -0.39 is 0 Å². The quantitative estimate of drug-likeness (QED) is 0.581. The first-order valence-electron chi connectivity index (χ1n) is 4.40. The zero-order valence-electron chi connectivity index (χ0n) is 8.09. The van der Waals surface area contributed by atoms with E-state index in [0.29, 0.717) is 0 Å². The molecule has 64 valence electrons. The van der Waals surface area contributed by atoms with Gasteiger partial charge in [-0.05, 0) is 38.3 Å². The van der Waals surface area contributed by atoms with E-state index >= 15 is 0 Å². The van der Waals surface area contributed by atoms with Gasteiger partial charge in [-0.2, -0.15) is 0 Å². The summed E-state index contributed by atoms with van der Waals surface area (Å²) in [5.74, 6) is 0. The van der Waals surface area contributed by atoms with Gasteiger partial charge in [0, 0.05) is 0 Å². The van der Waals surface area contributed by atoms with Crippen LogP contribution in [0.25, 0.3) is 0 Å². The molecule has 0 aliphatic heterocycles. The van der Waals surface area contributed by atoms with Gasteiger partial charge >= 0.3 is 0 Å². The normalized spacial score (nSPS) is 11.8. The van der Waals surface area contributed by atoms with Gasteiger partial charge in [0.05, 0.1) is 0 Å². The summed E-state index contributed by atoms with van der Waals surface area (Å²) in [6.45, 7) is 6.43. The largest absolute Gasteiger partial charge is 0.0884 e. The molecule has 0 heterocycles. The van der Waals surface area contributed by atoms with Gasteiger partial charge in [0.2, 0.25) is 0 Å². The average molecular weight is 160 g/mol. The van der Waals surface area contributed by atoms with Crippen molar-refractivity contribution in [2.24, 2.45) is 0 Å². The topological polar surface area (TPSA) is 0 Å². The van der Waals surface area contributed by atoms with Gasteiger partial charge < -0.3 is 0 Å². The molecule has 1 aromatic carbocycles. The first kappa shape index (κ1) is 9.05. The van der Waals surface area contributed by atoms with Crippen LogP contribution in [0, 0.1) is 6.92 Å². The third-order valence-electron chi connectivity index (χ3n) is 2.22. The number of hydrogen-bond donors (Lipinski definition) is 0. The first-order valence-corrected chi connectivity index (χ1v) is 4.40.